The topological polar surface area (TPSA) is 51.2 Å². The quantitative estimate of drug-likeness (QED) is 0.615. The van der Waals surface area contributed by atoms with E-state index in [1.54, 1.807) is 13.3 Å². The van der Waals surface area contributed by atoms with Gasteiger partial charge in [-0.15, -0.1) is 0 Å². The predicted octanol–water partition coefficient (Wildman–Crippen LogP) is 2.48. The first kappa shape index (κ1) is 15.5. The molecule has 0 saturated heterocycles. The summed E-state index contributed by atoms with van der Waals surface area (Å²) in [6, 6.07) is 3.77. The number of carbonyl (C=O) groups excluding carboxylic acids is 1. The maximum atomic E-state index is 11.8. The van der Waals surface area contributed by atoms with Crippen molar-refractivity contribution in [2.24, 2.45) is 0 Å². The fourth-order valence-electron chi connectivity index (χ4n) is 1.25. The number of nitrogens with zero attached hydrogens (tertiary/aromatic N) is 1. The zero-order valence-electron chi connectivity index (χ0n) is 10.5. The Hall–Kier alpha value is -0.590. The Labute approximate surface area is 120 Å². The zero-order chi connectivity index (χ0) is 13.4. The fourth-order valence-corrected chi connectivity index (χ4v) is 2.61. The summed E-state index contributed by atoms with van der Waals surface area (Å²) in [5, 5.41) is 3.54. The van der Waals surface area contributed by atoms with Crippen LogP contribution in [0, 0.1) is 0 Å². The number of aromatic nitrogens is 1. The highest BCUT2D eigenvalue weighted by Gasteiger charge is 2.15. The summed E-state index contributed by atoms with van der Waals surface area (Å²) in [4.78, 5) is 16.0. The van der Waals surface area contributed by atoms with E-state index in [4.69, 9.17) is 4.74 Å². The third-order valence-electron chi connectivity index (χ3n) is 2.21. The van der Waals surface area contributed by atoms with E-state index < -0.39 is 0 Å². The molecule has 1 atom stereocenters. The number of halogens is 1. The van der Waals surface area contributed by atoms with Crippen LogP contribution in [0.2, 0.25) is 0 Å². The zero-order valence-corrected chi connectivity index (χ0v) is 12.9. The molecule has 100 valence electrons. The number of thioether (sulfide) groups is 1. The minimum atomic E-state index is -0.168. The first-order valence-corrected chi connectivity index (χ1v) is 7.36. The van der Waals surface area contributed by atoms with Crippen molar-refractivity contribution >= 4 is 33.6 Å². The van der Waals surface area contributed by atoms with E-state index in [0.29, 0.717) is 13.2 Å². The van der Waals surface area contributed by atoms with E-state index in [1.165, 1.54) is 11.8 Å². The second-order valence-corrected chi connectivity index (χ2v) is 5.87. The third kappa shape index (κ3) is 5.37. The van der Waals surface area contributed by atoms with E-state index in [2.05, 4.69) is 26.2 Å². The second kappa shape index (κ2) is 8.50. The summed E-state index contributed by atoms with van der Waals surface area (Å²) in [6.07, 6.45) is 2.54. The molecule has 1 aromatic rings. The standard InChI is InChI=1S/C12H17BrN2O2S/c1-9(11(16)14-7-4-8-17-2)18-12-10(13)5-3-6-15-12/h3,5-6,9H,4,7-8H2,1-2H3,(H,14,16)/t9-/m0/s1. The Morgan fingerprint density at radius 1 is 1.67 bits per heavy atom. The highest BCUT2D eigenvalue weighted by Crippen LogP contribution is 2.28. The Balaban J connectivity index is 2.38. The van der Waals surface area contributed by atoms with Gasteiger partial charge in [0.25, 0.3) is 0 Å². The number of methoxy groups -OCH3 is 1. The van der Waals surface area contributed by atoms with Crippen LogP contribution in [0.1, 0.15) is 13.3 Å². The molecule has 0 spiro atoms. The maximum absolute atomic E-state index is 11.8. The second-order valence-electron chi connectivity index (χ2n) is 3.69. The number of amides is 1. The molecule has 1 amide bonds. The van der Waals surface area contributed by atoms with Crippen LogP contribution in [0.5, 0.6) is 0 Å². The van der Waals surface area contributed by atoms with Gasteiger partial charge in [-0.25, -0.2) is 4.98 Å². The highest BCUT2D eigenvalue weighted by atomic mass is 79.9. The smallest absolute Gasteiger partial charge is 0.233 e. The molecule has 1 heterocycles. The lowest BCUT2D eigenvalue weighted by atomic mass is 10.4. The van der Waals surface area contributed by atoms with Gasteiger partial charge in [0, 0.05) is 30.9 Å². The van der Waals surface area contributed by atoms with E-state index >= 15 is 0 Å². The number of ether oxygens (including phenoxy) is 1. The van der Waals surface area contributed by atoms with Crippen LogP contribution in [0.4, 0.5) is 0 Å². The van der Waals surface area contributed by atoms with Gasteiger partial charge in [-0.3, -0.25) is 4.79 Å². The molecule has 1 aromatic heterocycles. The lowest BCUT2D eigenvalue weighted by Gasteiger charge is -2.12. The van der Waals surface area contributed by atoms with Gasteiger partial charge in [0.05, 0.1) is 5.25 Å². The lowest BCUT2D eigenvalue weighted by molar-refractivity contribution is -0.120. The van der Waals surface area contributed by atoms with Gasteiger partial charge in [-0.05, 0) is 41.4 Å². The average Bonchev–Trinajstić information content (AvgIpc) is 2.37. The van der Waals surface area contributed by atoms with Crippen molar-refractivity contribution in [2.45, 2.75) is 23.6 Å². The molecule has 0 fully saturated rings. The summed E-state index contributed by atoms with van der Waals surface area (Å²) < 4.78 is 5.83. The first-order chi connectivity index (χ1) is 8.65. The van der Waals surface area contributed by atoms with Gasteiger partial charge < -0.3 is 10.1 Å². The summed E-state index contributed by atoms with van der Waals surface area (Å²) in [5.41, 5.74) is 0. The van der Waals surface area contributed by atoms with Gasteiger partial charge >= 0.3 is 0 Å². The van der Waals surface area contributed by atoms with Crippen LogP contribution in [-0.4, -0.2) is 36.4 Å². The SMILES string of the molecule is COCCCNC(=O)[C@H](C)Sc1ncccc1Br. The normalized spacial score (nSPS) is 12.2. The Kier molecular flexibility index (Phi) is 7.31. The molecule has 0 aliphatic heterocycles. The molecule has 18 heavy (non-hydrogen) atoms. The summed E-state index contributed by atoms with van der Waals surface area (Å²) >= 11 is 4.86. The van der Waals surface area contributed by atoms with Gasteiger partial charge in [0.1, 0.15) is 5.03 Å². The average molecular weight is 333 g/mol. The summed E-state index contributed by atoms with van der Waals surface area (Å²) in [7, 11) is 1.65. The molecule has 0 unspecified atom stereocenters. The molecule has 1 rings (SSSR count). The highest BCUT2D eigenvalue weighted by molar-refractivity contribution is 9.10. The minimum Gasteiger partial charge on any atom is -0.385 e. The summed E-state index contributed by atoms with van der Waals surface area (Å²) in [5.74, 6) is 0.0219. The molecule has 6 heteroatoms. The largest absolute Gasteiger partial charge is 0.385 e. The lowest BCUT2D eigenvalue weighted by Crippen LogP contribution is -2.32. The van der Waals surface area contributed by atoms with E-state index in [9.17, 15) is 4.79 Å². The Morgan fingerprint density at radius 2 is 2.44 bits per heavy atom. The Morgan fingerprint density at radius 3 is 3.11 bits per heavy atom. The number of hydrogen-bond acceptors (Lipinski definition) is 4. The van der Waals surface area contributed by atoms with Crippen molar-refractivity contribution in [3.63, 3.8) is 0 Å². The predicted molar refractivity (Wildman–Crippen MR) is 76.8 cm³/mol. The van der Waals surface area contributed by atoms with Crippen LogP contribution < -0.4 is 5.32 Å². The van der Waals surface area contributed by atoms with Gasteiger partial charge in [-0.1, -0.05) is 11.8 Å². The van der Waals surface area contributed by atoms with E-state index in [1.807, 2.05) is 19.1 Å². The molecule has 0 radical (unpaired) electrons. The van der Waals surface area contributed by atoms with E-state index in [-0.39, 0.29) is 11.2 Å². The van der Waals surface area contributed by atoms with Gasteiger partial charge in [-0.2, -0.15) is 0 Å². The summed E-state index contributed by atoms with van der Waals surface area (Å²) in [6.45, 7) is 3.17. The van der Waals surface area contributed by atoms with Crippen LogP contribution in [0.15, 0.2) is 27.8 Å². The molecule has 1 N–H and O–H groups in total. The molecular formula is C12H17BrN2O2S. The van der Waals surface area contributed by atoms with Crippen molar-refractivity contribution in [1.29, 1.82) is 0 Å². The number of rotatable bonds is 7. The number of pyridine rings is 1. The van der Waals surface area contributed by atoms with Gasteiger partial charge in [0.2, 0.25) is 5.91 Å². The van der Waals surface area contributed by atoms with Gasteiger partial charge in [0.15, 0.2) is 0 Å². The van der Waals surface area contributed by atoms with Crippen molar-refractivity contribution in [1.82, 2.24) is 10.3 Å². The van der Waals surface area contributed by atoms with Crippen LogP contribution in [0.25, 0.3) is 0 Å². The van der Waals surface area contributed by atoms with Crippen LogP contribution >= 0.6 is 27.7 Å². The van der Waals surface area contributed by atoms with Crippen molar-refractivity contribution in [3.05, 3.63) is 22.8 Å². The first-order valence-electron chi connectivity index (χ1n) is 5.69. The molecule has 0 aliphatic rings. The molecule has 0 saturated carbocycles. The molecule has 4 nitrogen and oxygen atoms in total. The molecule has 0 bridgehead atoms. The van der Waals surface area contributed by atoms with Crippen LogP contribution in [0.3, 0.4) is 0 Å². The van der Waals surface area contributed by atoms with E-state index in [0.717, 1.165) is 15.9 Å². The number of hydrogen-bond donors (Lipinski definition) is 1. The van der Waals surface area contributed by atoms with Crippen LogP contribution in [-0.2, 0) is 9.53 Å². The number of carbonyl (C=O) groups is 1. The molecule has 0 aromatic carbocycles. The number of nitrogens with one attached hydrogen (secondary N) is 1. The molecular weight excluding hydrogens is 316 g/mol. The minimum absolute atomic E-state index is 0.0219. The molecule has 0 aliphatic carbocycles. The van der Waals surface area contributed by atoms with Crippen molar-refractivity contribution < 1.29 is 9.53 Å². The monoisotopic (exact) mass is 332 g/mol. The van der Waals surface area contributed by atoms with Crippen molar-refractivity contribution in [3.8, 4) is 0 Å². The Bertz CT molecular complexity index is 390. The van der Waals surface area contributed by atoms with Crippen molar-refractivity contribution in [2.75, 3.05) is 20.3 Å². The maximum Gasteiger partial charge on any atom is 0.233 e. The third-order valence-corrected chi connectivity index (χ3v) is 4.23. The fraction of sp³-hybridized carbons (Fsp3) is 0.500.